The molecule has 0 spiro atoms. The fourth-order valence-electron chi connectivity index (χ4n) is 3.02. The number of nitrogens with two attached hydrogens (primary N) is 1. The van der Waals surface area contributed by atoms with Crippen LogP contribution < -0.4 is 11.3 Å². The van der Waals surface area contributed by atoms with Gasteiger partial charge in [-0.15, -0.1) is 0 Å². The van der Waals surface area contributed by atoms with E-state index in [2.05, 4.69) is 15.2 Å². The van der Waals surface area contributed by atoms with Crippen molar-refractivity contribution in [3.05, 3.63) is 40.4 Å². The number of rotatable bonds is 3. The molecule has 1 aliphatic carbocycles. The van der Waals surface area contributed by atoms with Crippen molar-refractivity contribution in [2.24, 2.45) is 5.73 Å². The summed E-state index contributed by atoms with van der Waals surface area (Å²) in [5.74, 6) is 0.809. The van der Waals surface area contributed by atoms with Crippen LogP contribution in [-0.4, -0.2) is 19.9 Å². The standard InChI is InChI=1S/C17H19N5O2/c1-10(2)22-15(23)12-7-4-3-6-11(12)13(20-22)14-19-16(21-24-14)17(18)8-5-9-17/h3-4,6-7,10H,5,8-9,18H2,1-2H3. The maximum atomic E-state index is 12.6. The summed E-state index contributed by atoms with van der Waals surface area (Å²) in [6.45, 7) is 3.82. The van der Waals surface area contributed by atoms with Crippen LogP contribution >= 0.6 is 0 Å². The van der Waals surface area contributed by atoms with Crippen LogP contribution in [0.2, 0.25) is 0 Å². The van der Waals surface area contributed by atoms with Gasteiger partial charge in [0, 0.05) is 5.39 Å². The van der Waals surface area contributed by atoms with Gasteiger partial charge in [0.25, 0.3) is 11.4 Å². The second-order valence-corrected chi connectivity index (χ2v) is 6.67. The van der Waals surface area contributed by atoms with E-state index in [4.69, 9.17) is 10.3 Å². The van der Waals surface area contributed by atoms with E-state index in [1.807, 2.05) is 32.0 Å². The van der Waals surface area contributed by atoms with Gasteiger partial charge in [-0.25, -0.2) is 4.68 Å². The van der Waals surface area contributed by atoms with Gasteiger partial charge in [-0.3, -0.25) is 4.79 Å². The first-order chi connectivity index (χ1) is 11.5. The Kier molecular flexibility index (Phi) is 3.28. The van der Waals surface area contributed by atoms with Crippen molar-refractivity contribution in [1.29, 1.82) is 0 Å². The predicted octanol–water partition coefficient (Wildman–Crippen LogP) is 2.37. The molecule has 1 fully saturated rings. The molecule has 7 heteroatoms. The van der Waals surface area contributed by atoms with Gasteiger partial charge in [-0.2, -0.15) is 10.1 Å². The van der Waals surface area contributed by atoms with Crippen molar-refractivity contribution in [3.8, 4) is 11.6 Å². The smallest absolute Gasteiger partial charge is 0.279 e. The van der Waals surface area contributed by atoms with Crippen LogP contribution in [0.5, 0.6) is 0 Å². The summed E-state index contributed by atoms with van der Waals surface area (Å²) in [5, 5.41) is 9.82. The first-order valence-electron chi connectivity index (χ1n) is 8.14. The summed E-state index contributed by atoms with van der Waals surface area (Å²) in [7, 11) is 0. The highest BCUT2D eigenvalue weighted by atomic mass is 16.5. The highest BCUT2D eigenvalue weighted by molar-refractivity contribution is 5.91. The summed E-state index contributed by atoms with van der Waals surface area (Å²) in [5.41, 5.74) is 6.16. The van der Waals surface area contributed by atoms with E-state index >= 15 is 0 Å². The number of aromatic nitrogens is 4. The zero-order chi connectivity index (χ0) is 16.9. The van der Waals surface area contributed by atoms with Crippen LogP contribution in [-0.2, 0) is 5.54 Å². The Balaban J connectivity index is 1.93. The minimum atomic E-state index is -0.496. The molecule has 2 N–H and O–H groups in total. The third-order valence-corrected chi connectivity index (χ3v) is 4.64. The van der Waals surface area contributed by atoms with Gasteiger partial charge in [0.05, 0.1) is 17.0 Å². The average molecular weight is 325 g/mol. The molecule has 0 amide bonds. The van der Waals surface area contributed by atoms with Crippen molar-refractivity contribution in [1.82, 2.24) is 19.9 Å². The Morgan fingerprint density at radius 2 is 1.96 bits per heavy atom. The molecule has 2 aromatic heterocycles. The highest BCUT2D eigenvalue weighted by Gasteiger charge is 2.39. The molecule has 1 aromatic carbocycles. The Morgan fingerprint density at radius 3 is 2.58 bits per heavy atom. The molecule has 0 radical (unpaired) electrons. The normalized spacial score (nSPS) is 16.5. The molecule has 1 saturated carbocycles. The average Bonchev–Trinajstić information content (AvgIpc) is 3.03. The second-order valence-electron chi connectivity index (χ2n) is 6.67. The van der Waals surface area contributed by atoms with Crippen molar-refractivity contribution >= 4 is 10.8 Å². The van der Waals surface area contributed by atoms with Gasteiger partial charge < -0.3 is 10.3 Å². The van der Waals surface area contributed by atoms with Crippen molar-refractivity contribution in [3.63, 3.8) is 0 Å². The highest BCUT2D eigenvalue weighted by Crippen LogP contribution is 2.37. The maximum Gasteiger partial charge on any atom is 0.279 e. The first kappa shape index (κ1) is 15.0. The lowest BCUT2D eigenvalue weighted by molar-refractivity contribution is 0.229. The predicted molar refractivity (Wildman–Crippen MR) is 89.4 cm³/mol. The number of nitrogens with zero attached hydrogens (tertiary/aromatic N) is 4. The van der Waals surface area contributed by atoms with Crippen LogP contribution in [0.25, 0.3) is 22.4 Å². The van der Waals surface area contributed by atoms with Crippen LogP contribution in [0.1, 0.15) is 45.0 Å². The monoisotopic (exact) mass is 325 g/mol. The third-order valence-electron chi connectivity index (χ3n) is 4.64. The molecule has 0 atom stereocenters. The summed E-state index contributed by atoms with van der Waals surface area (Å²) in [6.07, 6.45) is 2.77. The number of hydrogen-bond donors (Lipinski definition) is 1. The Morgan fingerprint density at radius 1 is 1.25 bits per heavy atom. The van der Waals surface area contributed by atoms with Crippen LogP contribution in [0.4, 0.5) is 0 Å². The Bertz CT molecular complexity index is 969. The van der Waals surface area contributed by atoms with E-state index < -0.39 is 5.54 Å². The number of fused-ring (bicyclic) bond motifs is 1. The summed E-state index contributed by atoms with van der Waals surface area (Å²) in [4.78, 5) is 17.1. The number of hydrogen-bond acceptors (Lipinski definition) is 6. The van der Waals surface area contributed by atoms with Crippen molar-refractivity contribution in [2.75, 3.05) is 0 Å². The molecular formula is C17H19N5O2. The summed E-state index contributed by atoms with van der Waals surface area (Å²) < 4.78 is 6.88. The van der Waals surface area contributed by atoms with Crippen LogP contribution in [0.3, 0.4) is 0 Å². The number of benzene rings is 1. The van der Waals surface area contributed by atoms with Gasteiger partial charge in [0.15, 0.2) is 11.5 Å². The van der Waals surface area contributed by atoms with Gasteiger partial charge in [-0.05, 0) is 39.2 Å². The fourth-order valence-corrected chi connectivity index (χ4v) is 3.02. The second kappa shape index (κ2) is 5.24. The molecule has 0 aliphatic heterocycles. The first-order valence-corrected chi connectivity index (χ1v) is 8.14. The van der Waals surface area contributed by atoms with Gasteiger partial charge >= 0.3 is 0 Å². The van der Waals surface area contributed by atoms with E-state index in [0.29, 0.717) is 28.2 Å². The molecule has 124 valence electrons. The Hall–Kier alpha value is -2.54. The topological polar surface area (TPSA) is 99.8 Å². The van der Waals surface area contributed by atoms with E-state index in [-0.39, 0.29) is 11.6 Å². The van der Waals surface area contributed by atoms with Crippen LogP contribution in [0.15, 0.2) is 33.6 Å². The zero-order valence-electron chi connectivity index (χ0n) is 13.7. The van der Waals surface area contributed by atoms with Gasteiger partial charge in [0.1, 0.15) is 0 Å². The molecule has 0 unspecified atom stereocenters. The molecule has 3 aromatic rings. The van der Waals surface area contributed by atoms with Gasteiger partial charge in [-0.1, -0.05) is 23.4 Å². The molecule has 24 heavy (non-hydrogen) atoms. The van der Waals surface area contributed by atoms with E-state index in [9.17, 15) is 4.79 Å². The molecule has 0 bridgehead atoms. The third kappa shape index (κ3) is 2.16. The summed E-state index contributed by atoms with van der Waals surface area (Å²) >= 11 is 0. The molecule has 7 nitrogen and oxygen atoms in total. The largest absolute Gasteiger partial charge is 0.332 e. The molecular weight excluding hydrogens is 306 g/mol. The molecule has 4 rings (SSSR count). The fraction of sp³-hybridized carbons (Fsp3) is 0.412. The Labute approximate surface area is 138 Å². The quantitative estimate of drug-likeness (QED) is 0.793. The minimum Gasteiger partial charge on any atom is -0.332 e. The molecule has 2 heterocycles. The van der Waals surface area contributed by atoms with Crippen molar-refractivity contribution in [2.45, 2.75) is 44.7 Å². The van der Waals surface area contributed by atoms with Crippen molar-refractivity contribution < 1.29 is 4.52 Å². The SMILES string of the molecule is CC(C)n1nc(-c2nc(C3(N)CCC3)no2)c2ccccc2c1=O. The molecule has 0 saturated heterocycles. The lowest BCUT2D eigenvalue weighted by Gasteiger charge is -2.34. The zero-order valence-corrected chi connectivity index (χ0v) is 13.7. The van der Waals surface area contributed by atoms with Gasteiger partial charge in [0.2, 0.25) is 0 Å². The summed E-state index contributed by atoms with van der Waals surface area (Å²) in [6, 6.07) is 7.25. The minimum absolute atomic E-state index is 0.0734. The van der Waals surface area contributed by atoms with E-state index in [1.54, 1.807) is 6.07 Å². The lowest BCUT2D eigenvalue weighted by Crippen LogP contribution is -2.44. The maximum absolute atomic E-state index is 12.6. The molecule has 1 aliphatic rings. The lowest BCUT2D eigenvalue weighted by atomic mass is 9.77. The van der Waals surface area contributed by atoms with E-state index in [1.165, 1.54) is 4.68 Å². The van der Waals surface area contributed by atoms with E-state index in [0.717, 1.165) is 19.3 Å². The van der Waals surface area contributed by atoms with Crippen LogP contribution in [0, 0.1) is 0 Å².